The number of methoxy groups -OCH3 is 1. The minimum absolute atomic E-state index is 0.314. The summed E-state index contributed by atoms with van der Waals surface area (Å²) in [6.45, 7) is 3.21. The van der Waals surface area contributed by atoms with E-state index in [1.165, 1.54) is 32.1 Å². The predicted molar refractivity (Wildman–Crippen MR) is 167 cm³/mol. The van der Waals surface area contributed by atoms with Crippen LogP contribution >= 0.6 is 0 Å². The first-order chi connectivity index (χ1) is 20.8. The van der Waals surface area contributed by atoms with Crippen molar-refractivity contribution in [1.29, 1.82) is 0 Å². The monoisotopic (exact) mass is 572 g/mol. The molecule has 0 saturated carbocycles. The summed E-state index contributed by atoms with van der Waals surface area (Å²) in [5, 5.41) is 17.5. The molecule has 1 N–H and O–H groups in total. The maximum atomic E-state index is 8.80. The van der Waals surface area contributed by atoms with Crippen LogP contribution in [0.5, 0.6) is 11.5 Å². The van der Waals surface area contributed by atoms with Crippen LogP contribution in [0, 0.1) is 11.8 Å². The number of nitrogens with zero attached hydrogens (tertiary/aromatic N) is 2. The molecule has 0 spiro atoms. The van der Waals surface area contributed by atoms with Gasteiger partial charge in [0.25, 0.3) is 0 Å². The highest BCUT2D eigenvalue weighted by atomic mass is 16.5. The maximum Gasteiger partial charge on any atom is 0.119 e. The van der Waals surface area contributed by atoms with Gasteiger partial charge in [-0.1, -0.05) is 50.4 Å². The topological polar surface area (TPSA) is 81.9 Å². The Morgan fingerprint density at radius 2 is 0.976 bits per heavy atom. The predicted octanol–water partition coefficient (Wildman–Crippen LogP) is 8.04. The number of ether oxygens (including phenoxy) is 4. The minimum atomic E-state index is 0.314. The van der Waals surface area contributed by atoms with Gasteiger partial charge >= 0.3 is 0 Å². The van der Waals surface area contributed by atoms with Crippen molar-refractivity contribution in [3.63, 3.8) is 0 Å². The van der Waals surface area contributed by atoms with Crippen LogP contribution in [0.2, 0.25) is 0 Å². The fourth-order valence-corrected chi connectivity index (χ4v) is 4.04. The van der Waals surface area contributed by atoms with Gasteiger partial charge in [0.15, 0.2) is 0 Å². The summed E-state index contributed by atoms with van der Waals surface area (Å²) >= 11 is 0. The van der Waals surface area contributed by atoms with Gasteiger partial charge in [0.2, 0.25) is 0 Å². The van der Waals surface area contributed by atoms with Crippen molar-refractivity contribution in [1.82, 2.24) is 0 Å². The highest BCUT2D eigenvalue weighted by Crippen LogP contribution is 2.22. The third-order valence-corrected chi connectivity index (χ3v) is 6.44. The zero-order valence-corrected chi connectivity index (χ0v) is 24.8. The van der Waals surface area contributed by atoms with Crippen LogP contribution in [-0.2, 0) is 9.47 Å². The molecule has 0 aliphatic rings. The maximum absolute atomic E-state index is 8.80. The van der Waals surface area contributed by atoms with Gasteiger partial charge < -0.3 is 24.1 Å². The standard InChI is InChI=1S/C35H44N2O5/c1-39-26-27-40-28-29-42-34-20-14-31(15-21-34)11-10-30-12-16-32(17-13-30)36-37-33-18-22-35(23-19-33)41-25-9-7-5-3-2-4-6-8-24-38/h12-23,38H,2-9,24-29H2,1H3. The number of benzene rings is 3. The Kier molecular flexibility index (Phi) is 16.5. The molecule has 3 aromatic carbocycles. The van der Waals surface area contributed by atoms with Gasteiger partial charge in [0.05, 0.1) is 37.8 Å². The zero-order valence-electron chi connectivity index (χ0n) is 24.8. The summed E-state index contributed by atoms with van der Waals surface area (Å²) in [7, 11) is 1.65. The lowest BCUT2D eigenvalue weighted by Gasteiger charge is -2.06. The third kappa shape index (κ3) is 14.3. The molecule has 0 amide bonds. The smallest absolute Gasteiger partial charge is 0.119 e. The number of hydrogen-bond acceptors (Lipinski definition) is 7. The Labute approximate surface area is 250 Å². The molecule has 0 unspecified atom stereocenters. The second kappa shape index (κ2) is 21.1. The molecule has 3 rings (SSSR count). The number of azo groups is 1. The molecule has 0 aliphatic heterocycles. The fraction of sp³-hybridized carbons (Fsp3) is 0.429. The number of rotatable bonds is 20. The van der Waals surface area contributed by atoms with E-state index in [0.29, 0.717) is 33.0 Å². The summed E-state index contributed by atoms with van der Waals surface area (Å²) in [5.74, 6) is 8.00. The van der Waals surface area contributed by atoms with Gasteiger partial charge in [-0.2, -0.15) is 10.2 Å². The lowest BCUT2D eigenvalue weighted by atomic mass is 10.1. The van der Waals surface area contributed by atoms with Gasteiger partial charge in [-0.25, -0.2) is 0 Å². The van der Waals surface area contributed by atoms with E-state index < -0.39 is 0 Å². The largest absolute Gasteiger partial charge is 0.494 e. The number of aliphatic hydroxyl groups excluding tert-OH is 1. The Balaban J connectivity index is 1.34. The van der Waals surface area contributed by atoms with Crippen molar-refractivity contribution in [2.45, 2.75) is 51.4 Å². The first-order valence-electron chi connectivity index (χ1n) is 14.9. The van der Waals surface area contributed by atoms with Crippen LogP contribution < -0.4 is 9.47 Å². The molecule has 0 atom stereocenters. The fourth-order valence-electron chi connectivity index (χ4n) is 4.04. The van der Waals surface area contributed by atoms with Crippen molar-refractivity contribution in [2.24, 2.45) is 10.2 Å². The van der Waals surface area contributed by atoms with Gasteiger partial charge in [-0.3, -0.25) is 0 Å². The Morgan fingerprint density at radius 1 is 0.524 bits per heavy atom. The van der Waals surface area contributed by atoms with Gasteiger partial charge in [0, 0.05) is 24.8 Å². The van der Waals surface area contributed by atoms with E-state index in [2.05, 4.69) is 22.1 Å². The number of unbranched alkanes of at least 4 members (excludes halogenated alkanes) is 7. The molecule has 0 heterocycles. The summed E-state index contributed by atoms with van der Waals surface area (Å²) in [4.78, 5) is 0. The summed E-state index contributed by atoms with van der Waals surface area (Å²) < 4.78 is 21.9. The van der Waals surface area contributed by atoms with Crippen molar-refractivity contribution < 1.29 is 24.1 Å². The van der Waals surface area contributed by atoms with Crippen LogP contribution in [-0.4, -0.2) is 51.9 Å². The van der Waals surface area contributed by atoms with Gasteiger partial charge in [-0.15, -0.1) is 0 Å². The SMILES string of the molecule is COCCOCCOc1ccc(C#Cc2ccc(N=Nc3ccc(OCCCCCCCCCCO)cc3)cc2)cc1. The van der Waals surface area contributed by atoms with Crippen molar-refractivity contribution >= 4 is 11.4 Å². The molecule has 0 aromatic heterocycles. The van der Waals surface area contributed by atoms with E-state index in [0.717, 1.165) is 59.9 Å². The molecule has 7 nitrogen and oxygen atoms in total. The van der Waals surface area contributed by atoms with Gasteiger partial charge in [0.1, 0.15) is 18.1 Å². The normalized spacial score (nSPS) is 10.9. The Bertz CT molecular complexity index is 1200. The van der Waals surface area contributed by atoms with E-state index in [1.54, 1.807) is 7.11 Å². The molecule has 0 aliphatic carbocycles. The molecular weight excluding hydrogens is 528 g/mol. The quantitative estimate of drug-likeness (QED) is 0.0842. The number of hydrogen-bond donors (Lipinski definition) is 1. The molecular formula is C35H44N2O5. The average molecular weight is 573 g/mol. The minimum Gasteiger partial charge on any atom is -0.494 e. The Hall–Kier alpha value is -3.70. The van der Waals surface area contributed by atoms with E-state index in [1.807, 2.05) is 72.8 Å². The molecule has 224 valence electrons. The molecule has 0 saturated heterocycles. The third-order valence-electron chi connectivity index (χ3n) is 6.44. The van der Waals surface area contributed by atoms with E-state index in [-0.39, 0.29) is 0 Å². The van der Waals surface area contributed by atoms with Gasteiger partial charge in [-0.05, 0) is 85.6 Å². The highest BCUT2D eigenvalue weighted by molar-refractivity contribution is 5.48. The second-order valence-electron chi connectivity index (χ2n) is 9.87. The average Bonchev–Trinajstić information content (AvgIpc) is 3.03. The molecule has 7 heteroatoms. The highest BCUT2D eigenvalue weighted by Gasteiger charge is 1.98. The lowest BCUT2D eigenvalue weighted by Crippen LogP contribution is -2.09. The first kappa shape index (κ1) is 32.8. The van der Waals surface area contributed by atoms with E-state index in [9.17, 15) is 0 Å². The van der Waals surface area contributed by atoms with Crippen LogP contribution in [0.4, 0.5) is 11.4 Å². The van der Waals surface area contributed by atoms with Crippen LogP contribution in [0.15, 0.2) is 83.0 Å². The number of aliphatic hydroxyl groups is 1. The molecule has 0 fully saturated rings. The van der Waals surface area contributed by atoms with Crippen LogP contribution in [0.3, 0.4) is 0 Å². The summed E-state index contributed by atoms with van der Waals surface area (Å²) in [6, 6.07) is 23.1. The molecule has 3 aromatic rings. The van der Waals surface area contributed by atoms with Crippen molar-refractivity contribution in [3.05, 3.63) is 83.9 Å². The van der Waals surface area contributed by atoms with Crippen LogP contribution in [0.25, 0.3) is 0 Å². The van der Waals surface area contributed by atoms with E-state index >= 15 is 0 Å². The molecule has 42 heavy (non-hydrogen) atoms. The summed E-state index contributed by atoms with van der Waals surface area (Å²) in [6.07, 6.45) is 9.31. The Morgan fingerprint density at radius 3 is 1.55 bits per heavy atom. The second-order valence-corrected chi connectivity index (χ2v) is 9.87. The zero-order chi connectivity index (χ0) is 29.5. The van der Waals surface area contributed by atoms with E-state index in [4.69, 9.17) is 24.1 Å². The lowest BCUT2D eigenvalue weighted by molar-refractivity contribution is 0.0544. The summed E-state index contributed by atoms with van der Waals surface area (Å²) in [5.41, 5.74) is 3.36. The molecule has 0 radical (unpaired) electrons. The molecule has 0 bridgehead atoms. The van der Waals surface area contributed by atoms with Crippen LogP contribution in [0.1, 0.15) is 62.5 Å². The first-order valence-corrected chi connectivity index (χ1v) is 14.9. The van der Waals surface area contributed by atoms with Crippen molar-refractivity contribution in [3.8, 4) is 23.3 Å². The van der Waals surface area contributed by atoms with Crippen molar-refractivity contribution in [2.75, 3.05) is 46.8 Å².